The van der Waals surface area contributed by atoms with E-state index in [4.69, 9.17) is 15.2 Å². The molecule has 3 nitrogen and oxygen atoms in total. The Kier molecular flexibility index (Phi) is 4.79. The standard InChI is InChI=1S/C17H27NO2/c1-11(2)19-16-8-14(18)9-17(10-16)20-15-6-12(3)5-13(4)7-15/h8-13,15H,5-7,18H2,1-4H3. The van der Waals surface area contributed by atoms with Crippen LogP contribution in [0.25, 0.3) is 0 Å². The predicted molar refractivity (Wildman–Crippen MR) is 83.2 cm³/mol. The lowest BCUT2D eigenvalue weighted by Gasteiger charge is -2.31. The zero-order chi connectivity index (χ0) is 14.7. The molecule has 112 valence electrons. The van der Waals surface area contributed by atoms with E-state index in [2.05, 4.69) is 13.8 Å². The fraction of sp³-hybridized carbons (Fsp3) is 0.647. The van der Waals surface area contributed by atoms with Gasteiger partial charge in [0.25, 0.3) is 0 Å². The molecule has 0 heterocycles. The van der Waals surface area contributed by atoms with E-state index in [0.717, 1.165) is 36.2 Å². The number of nitrogen functional groups attached to an aromatic ring is 1. The molecule has 0 aromatic heterocycles. The molecule has 1 aromatic carbocycles. The van der Waals surface area contributed by atoms with Crippen LogP contribution in [-0.4, -0.2) is 12.2 Å². The lowest BCUT2D eigenvalue weighted by Crippen LogP contribution is -2.28. The van der Waals surface area contributed by atoms with Gasteiger partial charge in [-0.25, -0.2) is 0 Å². The summed E-state index contributed by atoms with van der Waals surface area (Å²) in [5, 5.41) is 0. The minimum absolute atomic E-state index is 0.138. The molecule has 3 heteroatoms. The normalized spacial score (nSPS) is 26.6. The van der Waals surface area contributed by atoms with Crippen LogP contribution in [0.4, 0.5) is 5.69 Å². The fourth-order valence-corrected chi connectivity index (χ4v) is 3.16. The summed E-state index contributed by atoms with van der Waals surface area (Å²) in [6, 6.07) is 5.68. The van der Waals surface area contributed by atoms with Gasteiger partial charge in [0.05, 0.1) is 12.2 Å². The third kappa shape index (κ3) is 4.32. The topological polar surface area (TPSA) is 44.5 Å². The average molecular weight is 277 g/mol. The van der Waals surface area contributed by atoms with Crippen LogP contribution in [0, 0.1) is 11.8 Å². The SMILES string of the molecule is CC1CC(C)CC(Oc2cc(N)cc(OC(C)C)c2)C1. The van der Waals surface area contributed by atoms with E-state index in [9.17, 15) is 0 Å². The summed E-state index contributed by atoms with van der Waals surface area (Å²) in [5.41, 5.74) is 6.62. The number of hydrogen-bond donors (Lipinski definition) is 1. The first-order valence-electron chi connectivity index (χ1n) is 7.66. The maximum absolute atomic E-state index is 6.14. The molecule has 20 heavy (non-hydrogen) atoms. The van der Waals surface area contributed by atoms with E-state index in [1.165, 1.54) is 6.42 Å². The molecule has 0 radical (unpaired) electrons. The summed E-state index contributed by atoms with van der Waals surface area (Å²) >= 11 is 0. The van der Waals surface area contributed by atoms with Crippen LogP contribution in [0.15, 0.2) is 18.2 Å². The first kappa shape index (κ1) is 15.0. The Labute approximate surface area is 122 Å². The van der Waals surface area contributed by atoms with Crippen LogP contribution in [-0.2, 0) is 0 Å². The third-order valence-electron chi connectivity index (χ3n) is 3.71. The summed E-state index contributed by atoms with van der Waals surface area (Å²) in [6.45, 7) is 8.62. The molecule has 1 fully saturated rings. The van der Waals surface area contributed by atoms with E-state index in [0.29, 0.717) is 11.8 Å². The molecular weight excluding hydrogens is 250 g/mol. The van der Waals surface area contributed by atoms with Gasteiger partial charge in [0.1, 0.15) is 11.5 Å². The largest absolute Gasteiger partial charge is 0.491 e. The molecule has 0 spiro atoms. The molecule has 0 bridgehead atoms. The number of rotatable bonds is 4. The molecule has 0 amide bonds. The Bertz CT molecular complexity index is 435. The Morgan fingerprint density at radius 1 is 1.00 bits per heavy atom. The molecule has 0 aliphatic heterocycles. The van der Waals surface area contributed by atoms with Crippen LogP contribution in [0.3, 0.4) is 0 Å². The molecule has 2 N–H and O–H groups in total. The maximum Gasteiger partial charge on any atom is 0.125 e. The van der Waals surface area contributed by atoms with Crippen molar-refractivity contribution in [2.24, 2.45) is 11.8 Å². The van der Waals surface area contributed by atoms with Gasteiger partial charge in [0.15, 0.2) is 0 Å². The zero-order valence-corrected chi connectivity index (χ0v) is 13.1. The smallest absolute Gasteiger partial charge is 0.125 e. The van der Waals surface area contributed by atoms with E-state index in [-0.39, 0.29) is 6.10 Å². The van der Waals surface area contributed by atoms with Crippen LogP contribution >= 0.6 is 0 Å². The minimum Gasteiger partial charge on any atom is -0.491 e. The summed E-state index contributed by atoms with van der Waals surface area (Å²) in [6.07, 6.45) is 3.99. The van der Waals surface area contributed by atoms with Gasteiger partial charge in [-0.2, -0.15) is 0 Å². The predicted octanol–water partition coefficient (Wildman–Crippen LogP) is 4.26. The van der Waals surface area contributed by atoms with Crippen molar-refractivity contribution < 1.29 is 9.47 Å². The number of anilines is 1. The molecule has 1 aliphatic rings. The molecule has 2 rings (SSSR count). The second-order valence-corrected chi connectivity index (χ2v) is 6.56. The third-order valence-corrected chi connectivity index (χ3v) is 3.71. The second-order valence-electron chi connectivity index (χ2n) is 6.56. The first-order valence-corrected chi connectivity index (χ1v) is 7.66. The van der Waals surface area contributed by atoms with Crippen molar-refractivity contribution >= 4 is 5.69 Å². The van der Waals surface area contributed by atoms with Gasteiger partial charge in [0.2, 0.25) is 0 Å². The van der Waals surface area contributed by atoms with E-state index in [1.807, 2.05) is 32.0 Å². The van der Waals surface area contributed by atoms with Gasteiger partial charge in [-0.05, 0) is 44.9 Å². The highest BCUT2D eigenvalue weighted by Crippen LogP contribution is 2.33. The maximum atomic E-state index is 6.14. The number of hydrogen-bond acceptors (Lipinski definition) is 3. The molecular formula is C17H27NO2. The summed E-state index contributed by atoms with van der Waals surface area (Å²) < 4.78 is 11.8. The number of nitrogens with two attached hydrogens (primary N) is 1. The fourth-order valence-electron chi connectivity index (χ4n) is 3.16. The van der Waals surface area contributed by atoms with Crippen molar-refractivity contribution in [2.75, 3.05) is 5.73 Å². The van der Waals surface area contributed by atoms with Crippen LogP contribution < -0.4 is 15.2 Å². The second kappa shape index (κ2) is 6.38. The summed E-state index contributed by atoms with van der Waals surface area (Å²) in [4.78, 5) is 0. The summed E-state index contributed by atoms with van der Waals surface area (Å²) in [7, 11) is 0. The van der Waals surface area contributed by atoms with Gasteiger partial charge in [-0.3, -0.25) is 0 Å². The van der Waals surface area contributed by atoms with Gasteiger partial charge in [-0.15, -0.1) is 0 Å². The van der Waals surface area contributed by atoms with Gasteiger partial charge in [0, 0.05) is 23.9 Å². The van der Waals surface area contributed by atoms with Crippen molar-refractivity contribution in [1.29, 1.82) is 0 Å². The van der Waals surface area contributed by atoms with Gasteiger partial charge in [-0.1, -0.05) is 13.8 Å². The van der Waals surface area contributed by atoms with Crippen molar-refractivity contribution in [3.8, 4) is 11.5 Å². The molecule has 2 unspecified atom stereocenters. The van der Waals surface area contributed by atoms with Crippen LogP contribution in [0.5, 0.6) is 11.5 Å². The molecule has 0 saturated heterocycles. The molecule has 2 atom stereocenters. The van der Waals surface area contributed by atoms with Crippen molar-refractivity contribution in [1.82, 2.24) is 0 Å². The highest BCUT2D eigenvalue weighted by Gasteiger charge is 2.25. The van der Waals surface area contributed by atoms with E-state index >= 15 is 0 Å². The Hall–Kier alpha value is -1.38. The average Bonchev–Trinajstić information content (AvgIpc) is 2.24. The Morgan fingerprint density at radius 3 is 2.20 bits per heavy atom. The van der Waals surface area contributed by atoms with E-state index in [1.54, 1.807) is 0 Å². The Morgan fingerprint density at radius 2 is 1.60 bits per heavy atom. The van der Waals surface area contributed by atoms with Gasteiger partial charge < -0.3 is 15.2 Å². The van der Waals surface area contributed by atoms with Crippen molar-refractivity contribution in [3.05, 3.63) is 18.2 Å². The van der Waals surface area contributed by atoms with E-state index < -0.39 is 0 Å². The zero-order valence-electron chi connectivity index (χ0n) is 13.1. The lowest BCUT2D eigenvalue weighted by molar-refractivity contribution is 0.101. The lowest BCUT2D eigenvalue weighted by atomic mass is 9.82. The highest BCUT2D eigenvalue weighted by atomic mass is 16.5. The Balaban J connectivity index is 2.06. The number of ether oxygens (including phenoxy) is 2. The monoisotopic (exact) mass is 277 g/mol. The summed E-state index contributed by atoms with van der Waals surface area (Å²) in [5.74, 6) is 3.08. The van der Waals surface area contributed by atoms with Crippen LogP contribution in [0.2, 0.25) is 0 Å². The van der Waals surface area contributed by atoms with Crippen molar-refractivity contribution in [2.45, 2.75) is 59.2 Å². The molecule has 1 saturated carbocycles. The quantitative estimate of drug-likeness (QED) is 0.836. The van der Waals surface area contributed by atoms with Crippen LogP contribution in [0.1, 0.15) is 47.0 Å². The first-order chi connectivity index (χ1) is 9.42. The minimum atomic E-state index is 0.138. The van der Waals surface area contributed by atoms with Gasteiger partial charge >= 0.3 is 0 Å². The molecule has 1 aromatic rings. The number of benzene rings is 1. The highest BCUT2D eigenvalue weighted by molar-refractivity contribution is 5.50. The van der Waals surface area contributed by atoms with Crippen molar-refractivity contribution in [3.63, 3.8) is 0 Å². The molecule has 1 aliphatic carbocycles.